The van der Waals surface area contributed by atoms with Crippen molar-refractivity contribution in [1.82, 2.24) is 4.72 Å². The highest BCUT2D eigenvalue weighted by Gasteiger charge is 2.25. The van der Waals surface area contributed by atoms with Gasteiger partial charge in [-0.1, -0.05) is 13.0 Å². The molecule has 4 nitrogen and oxygen atoms in total. The third-order valence-corrected chi connectivity index (χ3v) is 5.48. The molecule has 3 N–H and O–H groups in total. The van der Waals surface area contributed by atoms with Crippen LogP contribution in [0, 0.1) is 11.7 Å². The highest BCUT2D eigenvalue weighted by atomic mass is 32.2. The van der Waals surface area contributed by atoms with Crippen LogP contribution >= 0.6 is 0 Å². The summed E-state index contributed by atoms with van der Waals surface area (Å²) < 4.78 is 40.8. The summed E-state index contributed by atoms with van der Waals surface area (Å²) in [6, 6.07) is 3.62. The molecule has 20 heavy (non-hydrogen) atoms. The number of hydrogen-bond donors (Lipinski definition) is 2. The molecule has 0 aliphatic heterocycles. The number of benzene rings is 1. The van der Waals surface area contributed by atoms with Gasteiger partial charge in [0.25, 0.3) is 0 Å². The second kappa shape index (κ2) is 6.20. The molecule has 1 aromatic rings. The number of nitrogens with one attached hydrogen (secondary N) is 1. The highest BCUT2D eigenvalue weighted by Crippen LogP contribution is 2.25. The van der Waals surface area contributed by atoms with E-state index in [0.29, 0.717) is 11.5 Å². The van der Waals surface area contributed by atoms with Gasteiger partial charge in [0.05, 0.1) is 4.90 Å². The second-order valence-corrected chi connectivity index (χ2v) is 7.22. The van der Waals surface area contributed by atoms with Crippen LogP contribution in [0.2, 0.25) is 0 Å². The molecule has 112 valence electrons. The molecule has 0 heterocycles. The van der Waals surface area contributed by atoms with Gasteiger partial charge in [-0.25, -0.2) is 17.5 Å². The Kier molecular flexibility index (Phi) is 4.78. The van der Waals surface area contributed by atoms with Gasteiger partial charge < -0.3 is 5.73 Å². The zero-order valence-electron chi connectivity index (χ0n) is 11.6. The summed E-state index contributed by atoms with van der Waals surface area (Å²) in [7, 11) is -3.71. The minimum atomic E-state index is -3.71. The van der Waals surface area contributed by atoms with Crippen LogP contribution in [-0.4, -0.2) is 14.5 Å². The lowest BCUT2D eigenvalue weighted by molar-refractivity contribution is 0.332. The van der Waals surface area contributed by atoms with E-state index in [1.165, 1.54) is 12.1 Å². The monoisotopic (exact) mass is 300 g/mol. The summed E-state index contributed by atoms with van der Waals surface area (Å²) >= 11 is 0. The molecule has 0 unspecified atom stereocenters. The first-order valence-corrected chi connectivity index (χ1v) is 8.41. The molecule has 0 amide bonds. The molecule has 6 heteroatoms. The summed E-state index contributed by atoms with van der Waals surface area (Å²) in [6.07, 6.45) is 3.68. The van der Waals surface area contributed by atoms with Crippen molar-refractivity contribution in [2.24, 2.45) is 11.7 Å². The fraction of sp³-hybridized carbons (Fsp3) is 0.571. The first-order chi connectivity index (χ1) is 9.42. The average molecular weight is 300 g/mol. The molecule has 1 saturated carbocycles. The smallest absolute Gasteiger partial charge is 0.241 e. The fourth-order valence-corrected chi connectivity index (χ4v) is 4.17. The molecule has 0 spiro atoms. The van der Waals surface area contributed by atoms with Crippen LogP contribution in [0.5, 0.6) is 0 Å². The van der Waals surface area contributed by atoms with E-state index in [2.05, 4.69) is 11.6 Å². The molecule has 0 bridgehead atoms. The van der Waals surface area contributed by atoms with Crippen LogP contribution in [0.4, 0.5) is 4.39 Å². The zero-order chi connectivity index (χ0) is 14.8. The normalized spacial score (nSPS) is 23.8. The Labute approximate surface area is 119 Å². The van der Waals surface area contributed by atoms with Crippen molar-refractivity contribution in [1.29, 1.82) is 0 Å². The third kappa shape index (κ3) is 3.56. The van der Waals surface area contributed by atoms with Crippen molar-refractivity contribution in [3.8, 4) is 0 Å². The van der Waals surface area contributed by atoms with Crippen molar-refractivity contribution in [2.75, 3.05) is 0 Å². The van der Waals surface area contributed by atoms with Gasteiger partial charge in [-0.2, -0.15) is 0 Å². The first-order valence-electron chi connectivity index (χ1n) is 6.93. The van der Waals surface area contributed by atoms with Crippen LogP contribution < -0.4 is 10.5 Å². The van der Waals surface area contributed by atoms with Crippen molar-refractivity contribution in [3.63, 3.8) is 0 Å². The summed E-state index contributed by atoms with van der Waals surface area (Å²) in [5.74, 6) is 0.0735. The Balaban J connectivity index is 2.20. The molecular formula is C14H21FN2O2S. The van der Waals surface area contributed by atoms with Crippen molar-refractivity contribution < 1.29 is 12.8 Å². The van der Waals surface area contributed by atoms with E-state index in [4.69, 9.17) is 5.73 Å². The van der Waals surface area contributed by atoms with Crippen molar-refractivity contribution in [2.45, 2.75) is 50.1 Å². The average Bonchev–Trinajstić information content (AvgIpc) is 2.41. The van der Waals surface area contributed by atoms with Crippen LogP contribution in [0.1, 0.15) is 38.2 Å². The summed E-state index contributed by atoms with van der Waals surface area (Å²) in [5, 5.41) is 0. The summed E-state index contributed by atoms with van der Waals surface area (Å²) in [6.45, 7) is 2.24. The van der Waals surface area contributed by atoms with E-state index in [-0.39, 0.29) is 17.5 Å². The molecule has 1 aromatic carbocycles. The Bertz CT molecular complexity index is 567. The van der Waals surface area contributed by atoms with Crippen LogP contribution in [0.15, 0.2) is 23.1 Å². The number of nitrogens with two attached hydrogens (primary N) is 1. The Hall–Kier alpha value is -0.980. The van der Waals surface area contributed by atoms with E-state index in [0.717, 1.165) is 31.7 Å². The molecule has 1 aliphatic carbocycles. The number of sulfonamides is 1. The van der Waals surface area contributed by atoms with Gasteiger partial charge in [0.2, 0.25) is 10.0 Å². The third-order valence-electron chi connectivity index (χ3n) is 3.88. The molecule has 0 radical (unpaired) electrons. The number of halogens is 1. The lowest BCUT2D eigenvalue weighted by Gasteiger charge is -2.27. The van der Waals surface area contributed by atoms with E-state index >= 15 is 0 Å². The topological polar surface area (TPSA) is 72.2 Å². The zero-order valence-corrected chi connectivity index (χ0v) is 12.4. The number of rotatable bonds is 4. The molecule has 0 saturated heterocycles. The van der Waals surface area contributed by atoms with Gasteiger partial charge in [-0.15, -0.1) is 0 Å². The van der Waals surface area contributed by atoms with E-state index in [1.807, 2.05) is 0 Å². The number of hydrogen-bond acceptors (Lipinski definition) is 3. The van der Waals surface area contributed by atoms with Gasteiger partial charge in [0.1, 0.15) is 5.82 Å². The first kappa shape index (κ1) is 15.4. The predicted octanol–water partition coefficient (Wildman–Crippen LogP) is 2.14. The standard InChI is InChI=1S/C14H21FN2O2S/c1-10-2-6-13(7-3-10)17-20(18,19)14-8-12(15)5-4-11(14)9-16/h4-5,8,10,13,17H,2-3,6-7,9,16H2,1H3. The highest BCUT2D eigenvalue weighted by molar-refractivity contribution is 7.89. The van der Waals surface area contributed by atoms with Gasteiger partial charge in [0, 0.05) is 12.6 Å². The largest absolute Gasteiger partial charge is 0.326 e. The maximum absolute atomic E-state index is 13.3. The van der Waals surface area contributed by atoms with Gasteiger partial charge in [0.15, 0.2) is 0 Å². The Morgan fingerprint density at radius 1 is 1.30 bits per heavy atom. The molecule has 0 aromatic heterocycles. The lowest BCUT2D eigenvalue weighted by Crippen LogP contribution is -2.37. The molecule has 1 aliphatic rings. The van der Waals surface area contributed by atoms with Gasteiger partial charge in [-0.3, -0.25) is 0 Å². The van der Waals surface area contributed by atoms with Gasteiger partial charge in [-0.05, 0) is 49.3 Å². The molecule has 0 atom stereocenters. The van der Waals surface area contributed by atoms with Gasteiger partial charge >= 0.3 is 0 Å². The van der Waals surface area contributed by atoms with Crippen LogP contribution in [0.25, 0.3) is 0 Å². The quantitative estimate of drug-likeness (QED) is 0.895. The minimum absolute atomic E-state index is 0.0429. The fourth-order valence-electron chi connectivity index (χ4n) is 2.61. The molecular weight excluding hydrogens is 279 g/mol. The van der Waals surface area contributed by atoms with Crippen molar-refractivity contribution >= 4 is 10.0 Å². The van der Waals surface area contributed by atoms with Crippen LogP contribution in [0.3, 0.4) is 0 Å². The van der Waals surface area contributed by atoms with E-state index in [9.17, 15) is 12.8 Å². The molecule has 2 rings (SSSR count). The second-order valence-electron chi connectivity index (χ2n) is 5.53. The van der Waals surface area contributed by atoms with E-state index in [1.54, 1.807) is 0 Å². The predicted molar refractivity (Wildman–Crippen MR) is 76.0 cm³/mol. The molecule has 1 fully saturated rings. The Morgan fingerprint density at radius 2 is 1.95 bits per heavy atom. The summed E-state index contributed by atoms with van der Waals surface area (Å²) in [5.41, 5.74) is 5.97. The maximum Gasteiger partial charge on any atom is 0.241 e. The SMILES string of the molecule is CC1CCC(NS(=O)(=O)c2cc(F)ccc2CN)CC1. The maximum atomic E-state index is 13.3. The van der Waals surface area contributed by atoms with Crippen molar-refractivity contribution in [3.05, 3.63) is 29.6 Å². The minimum Gasteiger partial charge on any atom is -0.326 e. The summed E-state index contributed by atoms with van der Waals surface area (Å²) in [4.78, 5) is -0.0429. The lowest BCUT2D eigenvalue weighted by atomic mass is 9.88. The van der Waals surface area contributed by atoms with E-state index < -0.39 is 15.8 Å². The Morgan fingerprint density at radius 3 is 2.55 bits per heavy atom. The van der Waals surface area contributed by atoms with Crippen LogP contribution in [-0.2, 0) is 16.6 Å².